The Morgan fingerprint density at radius 3 is 2.43 bits per heavy atom. The highest BCUT2D eigenvalue weighted by Gasteiger charge is 2.05. The van der Waals surface area contributed by atoms with Crippen LogP contribution in [0.5, 0.6) is 0 Å². The number of halogens is 1. The van der Waals surface area contributed by atoms with Crippen LogP contribution < -0.4 is 10.6 Å². The van der Waals surface area contributed by atoms with Gasteiger partial charge in [-0.3, -0.25) is 4.79 Å². The Labute approximate surface area is 136 Å². The Balaban J connectivity index is 1.84. The summed E-state index contributed by atoms with van der Waals surface area (Å²) in [5.74, 6) is -0.493. The summed E-state index contributed by atoms with van der Waals surface area (Å²) < 4.78 is 13.1. The van der Waals surface area contributed by atoms with Gasteiger partial charge in [0.15, 0.2) is 0 Å². The zero-order valence-corrected chi connectivity index (χ0v) is 13.5. The molecular formula is C18H22FN3O. The van der Waals surface area contributed by atoms with Crippen molar-refractivity contribution in [3.05, 3.63) is 59.9 Å². The first-order valence-electron chi connectivity index (χ1n) is 7.56. The average Bonchev–Trinajstić information content (AvgIpc) is 2.48. The summed E-state index contributed by atoms with van der Waals surface area (Å²) in [5.41, 5.74) is 2.39. The van der Waals surface area contributed by atoms with Gasteiger partial charge in [-0.25, -0.2) is 4.39 Å². The Kier molecular flexibility index (Phi) is 6.11. The van der Waals surface area contributed by atoms with E-state index in [0.29, 0.717) is 5.56 Å². The van der Waals surface area contributed by atoms with Crippen molar-refractivity contribution < 1.29 is 9.18 Å². The second-order valence-electron chi connectivity index (χ2n) is 5.66. The predicted octanol–water partition coefficient (Wildman–Crippen LogP) is 2.98. The number of likely N-dealkylation sites (N-methyl/N-ethyl adjacent to an activating group) is 1. The SMILES string of the molecule is CN(C)CCNc1ccc(NC(=O)Cc2cccc(F)c2)cc1. The zero-order chi connectivity index (χ0) is 16.7. The number of rotatable bonds is 7. The Morgan fingerprint density at radius 2 is 1.78 bits per heavy atom. The van der Waals surface area contributed by atoms with Crippen LogP contribution in [-0.4, -0.2) is 38.0 Å². The van der Waals surface area contributed by atoms with Gasteiger partial charge in [0.05, 0.1) is 6.42 Å². The fourth-order valence-corrected chi connectivity index (χ4v) is 2.13. The molecule has 4 nitrogen and oxygen atoms in total. The molecule has 0 saturated carbocycles. The van der Waals surface area contributed by atoms with Crippen molar-refractivity contribution in [1.82, 2.24) is 4.90 Å². The third kappa shape index (κ3) is 6.08. The zero-order valence-electron chi connectivity index (χ0n) is 13.5. The Bertz CT molecular complexity index is 641. The molecule has 23 heavy (non-hydrogen) atoms. The summed E-state index contributed by atoms with van der Waals surface area (Å²) in [6.45, 7) is 1.81. The van der Waals surface area contributed by atoms with E-state index in [-0.39, 0.29) is 18.1 Å². The number of carbonyl (C=O) groups excluding carboxylic acids is 1. The fourth-order valence-electron chi connectivity index (χ4n) is 2.13. The van der Waals surface area contributed by atoms with Crippen molar-refractivity contribution in [3.63, 3.8) is 0 Å². The molecule has 0 aliphatic rings. The normalized spacial score (nSPS) is 10.6. The monoisotopic (exact) mass is 315 g/mol. The van der Waals surface area contributed by atoms with E-state index in [0.717, 1.165) is 24.5 Å². The highest BCUT2D eigenvalue weighted by atomic mass is 19.1. The lowest BCUT2D eigenvalue weighted by atomic mass is 10.1. The van der Waals surface area contributed by atoms with E-state index < -0.39 is 0 Å². The molecule has 0 heterocycles. The van der Waals surface area contributed by atoms with Crippen LogP contribution in [0, 0.1) is 5.82 Å². The number of carbonyl (C=O) groups is 1. The minimum atomic E-state index is -0.330. The lowest BCUT2D eigenvalue weighted by Crippen LogP contribution is -2.20. The summed E-state index contributed by atoms with van der Waals surface area (Å²) in [4.78, 5) is 14.1. The molecular weight excluding hydrogens is 293 g/mol. The van der Waals surface area contributed by atoms with Gasteiger partial charge >= 0.3 is 0 Å². The van der Waals surface area contributed by atoms with Crippen LogP contribution in [-0.2, 0) is 11.2 Å². The first-order valence-corrected chi connectivity index (χ1v) is 7.56. The standard InChI is InChI=1S/C18H22FN3O/c1-22(2)11-10-20-16-6-8-17(9-7-16)21-18(23)13-14-4-3-5-15(19)12-14/h3-9,12,20H,10-11,13H2,1-2H3,(H,21,23). The third-order valence-electron chi connectivity index (χ3n) is 3.31. The van der Waals surface area contributed by atoms with E-state index in [9.17, 15) is 9.18 Å². The lowest BCUT2D eigenvalue weighted by molar-refractivity contribution is -0.115. The van der Waals surface area contributed by atoms with Crippen LogP contribution in [0.1, 0.15) is 5.56 Å². The molecule has 0 atom stereocenters. The second-order valence-corrected chi connectivity index (χ2v) is 5.66. The minimum absolute atomic E-state index is 0.153. The molecule has 2 aromatic carbocycles. The number of nitrogens with zero attached hydrogens (tertiary/aromatic N) is 1. The van der Waals surface area contributed by atoms with Crippen molar-refractivity contribution in [3.8, 4) is 0 Å². The van der Waals surface area contributed by atoms with Crippen molar-refractivity contribution in [2.45, 2.75) is 6.42 Å². The fraction of sp³-hybridized carbons (Fsp3) is 0.278. The minimum Gasteiger partial charge on any atom is -0.384 e. The van der Waals surface area contributed by atoms with E-state index in [1.807, 2.05) is 38.4 Å². The molecule has 2 N–H and O–H groups in total. The van der Waals surface area contributed by atoms with Gasteiger partial charge in [-0.2, -0.15) is 0 Å². The molecule has 2 aromatic rings. The molecule has 5 heteroatoms. The van der Waals surface area contributed by atoms with Crippen LogP contribution >= 0.6 is 0 Å². The molecule has 122 valence electrons. The second kappa shape index (κ2) is 8.29. The summed E-state index contributed by atoms with van der Waals surface area (Å²) in [7, 11) is 4.05. The van der Waals surface area contributed by atoms with Crippen molar-refractivity contribution in [2.24, 2.45) is 0 Å². The van der Waals surface area contributed by atoms with Crippen LogP contribution in [0.3, 0.4) is 0 Å². The maximum atomic E-state index is 13.1. The molecule has 0 bridgehead atoms. The molecule has 1 amide bonds. The maximum Gasteiger partial charge on any atom is 0.228 e. The topological polar surface area (TPSA) is 44.4 Å². The number of amides is 1. The van der Waals surface area contributed by atoms with E-state index in [2.05, 4.69) is 15.5 Å². The van der Waals surface area contributed by atoms with Gasteiger partial charge in [0.25, 0.3) is 0 Å². The first-order chi connectivity index (χ1) is 11.0. The predicted molar refractivity (Wildman–Crippen MR) is 92.2 cm³/mol. The van der Waals surface area contributed by atoms with Crippen LogP contribution in [0.25, 0.3) is 0 Å². The molecule has 0 saturated heterocycles. The van der Waals surface area contributed by atoms with Crippen molar-refractivity contribution in [1.29, 1.82) is 0 Å². The average molecular weight is 315 g/mol. The van der Waals surface area contributed by atoms with Gasteiger partial charge < -0.3 is 15.5 Å². The van der Waals surface area contributed by atoms with Gasteiger partial charge in [0.1, 0.15) is 5.82 Å². The third-order valence-corrected chi connectivity index (χ3v) is 3.31. The molecule has 0 aliphatic carbocycles. The number of hydrogen-bond donors (Lipinski definition) is 2. The van der Waals surface area contributed by atoms with E-state index in [1.54, 1.807) is 12.1 Å². The smallest absolute Gasteiger partial charge is 0.228 e. The largest absolute Gasteiger partial charge is 0.384 e. The summed E-state index contributed by atoms with van der Waals surface area (Å²) in [6.07, 6.45) is 0.153. The molecule has 2 rings (SSSR count). The van der Waals surface area contributed by atoms with Crippen LogP contribution in [0.15, 0.2) is 48.5 Å². The van der Waals surface area contributed by atoms with E-state index in [4.69, 9.17) is 0 Å². The van der Waals surface area contributed by atoms with Crippen molar-refractivity contribution in [2.75, 3.05) is 37.8 Å². The van der Waals surface area contributed by atoms with Gasteiger partial charge in [-0.15, -0.1) is 0 Å². The van der Waals surface area contributed by atoms with Crippen molar-refractivity contribution >= 4 is 17.3 Å². The van der Waals surface area contributed by atoms with Gasteiger partial charge in [0, 0.05) is 24.5 Å². The quantitative estimate of drug-likeness (QED) is 0.825. The molecule has 0 unspecified atom stereocenters. The highest BCUT2D eigenvalue weighted by molar-refractivity contribution is 5.92. The van der Waals surface area contributed by atoms with Crippen LogP contribution in [0.4, 0.5) is 15.8 Å². The number of benzene rings is 2. The molecule has 0 fully saturated rings. The molecule has 0 aromatic heterocycles. The number of nitrogens with one attached hydrogen (secondary N) is 2. The van der Waals surface area contributed by atoms with Crippen LogP contribution in [0.2, 0.25) is 0 Å². The van der Waals surface area contributed by atoms with Gasteiger partial charge in [0.2, 0.25) is 5.91 Å². The molecule has 0 radical (unpaired) electrons. The summed E-state index contributed by atoms with van der Waals surface area (Å²) in [5, 5.41) is 6.12. The van der Waals surface area contributed by atoms with Gasteiger partial charge in [-0.1, -0.05) is 12.1 Å². The Morgan fingerprint density at radius 1 is 1.09 bits per heavy atom. The van der Waals surface area contributed by atoms with E-state index in [1.165, 1.54) is 12.1 Å². The number of anilines is 2. The molecule has 0 aliphatic heterocycles. The highest BCUT2D eigenvalue weighted by Crippen LogP contribution is 2.14. The summed E-state index contributed by atoms with van der Waals surface area (Å²) in [6, 6.07) is 13.6. The maximum absolute atomic E-state index is 13.1. The summed E-state index contributed by atoms with van der Waals surface area (Å²) >= 11 is 0. The molecule has 0 spiro atoms. The Hall–Kier alpha value is -2.40. The number of hydrogen-bond acceptors (Lipinski definition) is 3. The lowest BCUT2D eigenvalue weighted by Gasteiger charge is -2.12. The van der Waals surface area contributed by atoms with Gasteiger partial charge in [-0.05, 0) is 56.1 Å². The van der Waals surface area contributed by atoms with E-state index >= 15 is 0 Å². The first kappa shape index (κ1) is 17.0.